The standard InChI is InChI=1S/C20H16F3N5O2S/c1-19(2)17(30)27(13-5-4-12(9-24)15(8-13)20(21,22)23)18(31)28(19)14-6-7-16(25-3)26(10-14)11-29/h4-8,10-11H,1-3H3/b25-16-. The van der Waals surface area contributed by atoms with Crippen LogP contribution in [0.3, 0.4) is 0 Å². The number of anilines is 2. The molecule has 7 nitrogen and oxygen atoms in total. The van der Waals surface area contributed by atoms with Crippen molar-refractivity contribution in [2.75, 3.05) is 16.8 Å². The van der Waals surface area contributed by atoms with E-state index in [0.29, 0.717) is 17.6 Å². The third kappa shape index (κ3) is 3.59. The summed E-state index contributed by atoms with van der Waals surface area (Å²) in [5.74, 6) is -0.558. The van der Waals surface area contributed by atoms with E-state index in [-0.39, 0.29) is 10.8 Å². The van der Waals surface area contributed by atoms with Gasteiger partial charge >= 0.3 is 6.18 Å². The maximum Gasteiger partial charge on any atom is 0.417 e. The number of hydrogen-bond acceptors (Lipinski definition) is 5. The minimum absolute atomic E-state index is 0.0635. The summed E-state index contributed by atoms with van der Waals surface area (Å²) in [5, 5.41) is 8.94. The molecule has 1 amide bonds. The molecule has 1 saturated heterocycles. The molecule has 0 aliphatic carbocycles. The molecular weight excluding hydrogens is 431 g/mol. The summed E-state index contributed by atoms with van der Waals surface area (Å²) in [7, 11) is 1.51. The molecular formula is C20H16F3N5O2S. The first-order valence-electron chi connectivity index (χ1n) is 8.87. The molecule has 0 unspecified atom stereocenters. The molecule has 31 heavy (non-hydrogen) atoms. The molecule has 11 heteroatoms. The number of pyridine rings is 1. The lowest BCUT2D eigenvalue weighted by molar-refractivity contribution is -0.137. The summed E-state index contributed by atoms with van der Waals surface area (Å²) in [6, 6.07) is 7.63. The van der Waals surface area contributed by atoms with Gasteiger partial charge in [0.2, 0.25) is 6.41 Å². The molecule has 0 N–H and O–H groups in total. The molecule has 1 aliphatic rings. The van der Waals surface area contributed by atoms with Crippen molar-refractivity contribution in [3.05, 3.63) is 53.1 Å². The van der Waals surface area contributed by atoms with Crippen LogP contribution in [0.5, 0.6) is 0 Å². The lowest BCUT2D eigenvalue weighted by Crippen LogP contribution is -2.44. The zero-order chi connectivity index (χ0) is 23.1. The number of carbonyl (C=O) groups excluding carboxylic acids is 2. The van der Waals surface area contributed by atoms with Crippen molar-refractivity contribution >= 4 is 41.0 Å². The molecule has 2 heterocycles. The largest absolute Gasteiger partial charge is 0.417 e. The first-order chi connectivity index (χ1) is 14.5. The van der Waals surface area contributed by atoms with Crippen molar-refractivity contribution in [3.8, 4) is 6.07 Å². The predicted molar refractivity (Wildman–Crippen MR) is 111 cm³/mol. The number of aromatic nitrogens is 1. The summed E-state index contributed by atoms with van der Waals surface area (Å²) in [5.41, 5.74) is -2.33. The zero-order valence-corrected chi connectivity index (χ0v) is 17.5. The van der Waals surface area contributed by atoms with Crippen molar-refractivity contribution in [3.63, 3.8) is 0 Å². The van der Waals surface area contributed by atoms with Gasteiger partial charge in [-0.2, -0.15) is 18.4 Å². The molecule has 1 fully saturated rings. The Hall–Kier alpha value is -3.52. The van der Waals surface area contributed by atoms with Crippen molar-refractivity contribution in [2.45, 2.75) is 25.6 Å². The van der Waals surface area contributed by atoms with E-state index in [4.69, 9.17) is 17.5 Å². The Labute approximate surface area is 180 Å². The van der Waals surface area contributed by atoms with Crippen LogP contribution in [0.15, 0.2) is 41.5 Å². The van der Waals surface area contributed by atoms with Gasteiger partial charge in [-0.25, -0.2) is 0 Å². The van der Waals surface area contributed by atoms with Crippen molar-refractivity contribution in [2.24, 2.45) is 4.99 Å². The number of alkyl halides is 3. The fourth-order valence-corrected chi connectivity index (χ4v) is 3.89. The van der Waals surface area contributed by atoms with Gasteiger partial charge < -0.3 is 4.90 Å². The highest BCUT2D eigenvalue weighted by Crippen LogP contribution is 2.39. The number of nitriles is 1. The van der Waals surface area contributed by atoms with Crippen LogP contribution in [0.4, 0.5) is 24.5 Å². The minimum atomic E-state index is -4.78. The lowest BCUT2D eigenvalue weighted by Gasteiger charge is -2.29. The van der Waals surface area contributed by atoms with Gasteiger partial charge in [-0.3, -0.25) is 24.0 Å². The van der Waals surface area contributed by atoms with E-state index in [9.17, 15) is 22.8 Å². The SMILES string of the molecule is C/N=c1/ccc(N2C(=S)N(c3ccc(C#N)c(C(F)(F)F)c3)C(=O)C2(C)C)cn1C=O. The van der Waals surface area contributed by atoms with E-state index in [2.05, 4.69) is 4.99 Å². The van der Waals surface area contributed by atoms with E-state index in [1.807, 2.05) is 0 Å². The van der Waals surface area contributed by atoms with E-state index in [1.54, 1.807) is 26.0 Å². The van der Waals surface area contributed by atoms with Gasteiger partial charge in [0.25, 0.3) is 5.91 Å². The Morgan fingerprint density at radius 3 is 2.39 bits per heavy atom. The number of nitrogens with zero attached hydrogens (tertiary/aromatic N) is 5. The van der Waals surface area contributed by atoms with Crippen LogP contribution < -0.4 is 15.3 Å². The van der Waals surface area contributed by atoms with Gasteiger partial charge in [-0.1, -0.05) is 0 Å². The molecule has 0 spiro atoms. The summed E-state index contributed by atoms with van der Waals surface area (Å²) >= 11 is 5.45. The first-order valence-corrected chi connectivity index (χ1v) is 9.28. The van der Waals surface area contributed by atoms with E-state index in [0.717, 1.165) is 17.0 Å². The average Bonchev–Trinajstić information content (AvgIpc) is 2.90. The molecule has 0 saturated carbocycles. The number of amides is 1. The fourth-order valence-electron chi connectivity index (χ4n) is 3.36. The Balaban J connectivity index is 2.15. The Bertz CT molecular complexity index is 1210. The van der Waals surface area contributed by atoms with Crippen LogP contribution in [0, 0.1) is 11.3 Å². The second-order valence-corrected chi connectivity index (χ2v) is 7.50. The van der Waals surface area contributed by atoms with Gasteiger partial charge in [0.1, 0.15) is 11.0 Å². The van der Waals surface area contributed by atoms with E-state index < -0.39 is 28.7 Å². The third-order valence-electron chi connectivity index (χ3n) is 4.90. The number of halogens is 3. The normalized spacial score (nSPS) is 16.6. The minimum Gasteiger partial charge on any atom is -0.302 e. The van der Waals surface area contributed by atoms with Crippen molar-refractivity contribution in [1.82, 2.24) is 4.57 Å². The van der Waals surface area contributed by atoms with E-state index in [1.165, 1.54) is 34.8 Å². The fraction of sp³-hybridized carbons (Fsp3) is 0.250. The van der Waals surface area contributed by atoms with Gasteiger partial charge in [0.15, 0.2) is 5.11 Å². The van der Waals surface area contributed by atoms with Gasteiger partial charge in [0, 0.05) is 13.2 Å². The number of carbonyl (C=O) groups is 2. The van der Waals surface area contributed by atoms with Crippen LogP contribution in [0.2, 0.25) is 0 Å². The highest BCUT2D eigenvalue weighted by molar-refractivity contribution is 7.81. The van der Waals surface area contributed by atoms with Crippen LogP contribution in [0.25, 0.3) is 0 Å². The van der Waals surface area contributed by atoms with Crippen LogP contribution in [-0.2, 0) is 15.8 Å². The molecule has 0 atom stereocenters. The maximum absolute atomic E-state index is 13.4. The van der Waals surface area contributed by atoms with Crippen LogP contribution in [-0.4, -0.2) is 34.6 Å². The Kier molecular flexibility index (Phi) is 5.45. The lowest BCUT2D eigenvalue weighted by atomic mass is 10.0. The second kappa shape index (κ2) is 7.63. The van der Waals surface area contributed by atoms with Crippen molar-refractivity contribution < 1.29 is 22.8 Å². The highest BCUT2D eigenvalue weighted by atomic mass is 32.1. The second-order valence-electron chi connectivity index (χ2n) is 7.14. The zero-order valence-electron chi connectivity index (χ0n) is 16.6. The van der Waals surface area contributed by atoms with Gasteiger partial charge in [-0.05, 0) is 56.4 Å². The number of rotatable bonds is 3. The van der Waals surface area contributed by atoms with Gasteiger partial charge in [-0.15, -0.1) is 0 Å². The monoisotopic (exact) mass is 447 g/mol. The maximum atomic E-state index is 13.4. The molecule has 1 aromatic carbocycles. The molecule has 160 valence electrons. The number of hydrogen-bond donors (Lipinski definition) is 0. The molecule has 0 radical (unpaired) electrons. The third-order valence-corrected chi connectivity index (χ3v) is 5.26. The summed E-state index contributed by atoms with van der Waals surface area (Å²) in [6.07, 6.45) is -2.82. The average molecular weight is 447 g/mol. The van der Waals surface area contributed by atoms with Gasteiger partial charge in [0.05, 0.1) is 28.6 Å². The smallest absolute Gasteiger partial charge is 0.302 e. The summed E-state index contributed by atoms with van der Waals surface area (Å²) in [6.45, 7) is 3.14. The topological polar surface area (TPSA) is 81.7 Å². The number of benzene rings is 1. The summed E-state index contributed by atoms with van der Waals surface area (Å²) < 4.78 is 41.4. The molecule has 2 aromatic rings. The quantitative estimate of drug-likeness (QED) is 0.534. The van der Waals surface area contributed by atoms with E-state index >= 15 is 0 Å². The first kappa shape index (κ1) is 22.2. The van der Waals surface area contributed by atoms with Crippen molar-refractivity contribution in [1.29, 1.82) is 5.26 Å². The summed E-state index contributed by atoms with van der Waals surface area (Å²) in [4.78, 5) is 31.0. The Morgan fingerprint density at radius 1 is 1.19 bits per heavy atom. The van der Waals surface area contributed by atoms with Crippen LogP contribution in [0.1, 0.15) is 25.0 Å². The number of thiocarbonyl (C=S) groups is 1. The molecule has 3 rings (SSSR count). The molecule has 1 aliphatic heterocycles. The Morgan fingerprint density at radius 2 is 1.84 bits per heavy atom. The predicted octanol–water partition coefficient (Wildman–Crippen LogP) is 2.86. The molecule has 0 bridgehead atoms. The molecule has 1 aromatic heterocycles. The van der Waals surface area contributed by atoms with Crippen LogP contribution >= 0.6 is 12.2 Å². The highest BCUT2D eigenvalue weighted by Gasteiger charge is 2.50.